The van der Waals surface area contributed by atoms with Crippen molar-refractivity contribution in [3.63, 3.8) is 0 Å². The van der Waals surface area contributed by atoms with Crippen LogP contribution < -0.4 is 24.8 Å². The Labute approximate surface area is 91.6 Å². The first-order valence-electron chi connectivity index (χ1n) is 2.52. The first-order valence-corrected chi connectivity index (χ1v) is 4.94. The van der Waals surface area contributed by atoms with Gasteiger partial charge in [0.2, 0.25) is 0 Å². The summed E-state index contributed by atoms with van der Waals surface area (Å²) in [6, 6.07) is 1.43. The Hall–Kier alpha value is 1.42. The van der Waals surface area contributed by atoms with Gasteiger partial charge >= 0.3 is 26.2 Å². The third kappa shape index (κ3) is 26.5. The van der Waals surface area contributed by atoms with Crippen LogP contribution in [0.5, 0.6) is 0 Å². The first kappa shape index (κ1) is 22.4. The fraction of sp³-hybridized carbons (Fsp3) is 0.600. The monoisotopic (exact) mass is 260 g/mol. The third-order valence-corrected chi connectivity index (χ3v) is 1.88. The van der Waals surface area contributed by atoms with Crippen molar-refractivity contribution in [1.29, 1.82) is 0 Å². The molecule has 0 bridgehead atoms. The molecule has 0 atom stereocenters. The number of hydrogen-bond donors (Lipinski definition) is 0. The summed E-state index contributed by atoms with van der Waals surface area (Å²) < 4.78 is 0. The molecule has 0 spiro atoms. The Bertz CT molecular complexity index is 43.9. The average molecular weight is 262 g/mol. The van der Waals surface area contributed by atoms with E-state index in [-0.39, 0.29) is 51.0 Å². The van der Waals surface area contributed by atoms with E-state index in [0.717, 1.165) is 0 Å². The zero-order valence-corrected chi connectivity index (χ0v) is 11.0. The van der Waals surface area contributed by atoms with Gasteiger partial charge in [0.05, 0.1) is 0 Å². The van der Waals surface area contributed by atoms with Crippen molar-refractivity contribution >= 4 is 9.52 Å². The maximum absolute atomic E-state index is 3.62. The molecule has 0 N–H and O–H groups in total. The molecule has 0 rings (SSSR count). The average Bonchev–Trinajstić information content (AvgIpc) is 1.61. The van der Waals surface area contributed by atoms with Crippen LogP contribution in [0.25, 0.3) is 0 Å². The first-order chi connectivity index (χ1) is 2.91. The molecule has 0 nitrogen and oxygen atoms in total. The molecule has 0 saturated heterocycles. The van der Waals surface area contributed by atoms with Crippen molar-refractivity contribution in [2.24, 2.45) is 0 Å². The van der Waals surface area contributed by atoms with Crippen molar-refractivity contribution in [3.05, 3.63) is 12.7 Å². The van der Waals surface area contributed by atoms with Gasteiger partial charge in [0.25, 0.3) is 0 Å². The van der Waals surface area contributed by atoms with E-state index >= 15 is 0 Å². The summed E-state index contributed by atoms with van der Waals surface area (Å²) in [5.74, 6) is 0. The molecule has 0 radical (unpaired) electrons. The van der Waals surface area contributed by atoms with Crippen LogP contribution in [-0.4, -0.2) is 9.52 Å². The molecule has 54 valence electrons. The van der Waals surface area contributed by atoms with Gasteiger partial charge in [-0.1, -0.05) is 18.7 Å². The molecule has 0 aliphatic carbocycles. The van der Waals surface area contributed by atoms with Gasteiger partial charge in [-0.3, -0.25) is 0 Å². The second-order valence-corrected chi connectivity index (χ2v) is 3.14. The van der Waals surface area contributed by atoms with E-state index in [1.54, 1.807) is 0 Å². The van der Waals surface area contributed by atoms with Gasteiger partial charge in [-0.2, -0.15) is 0 Å². The van der Waals surface area contributed by atoms with Gasteiger partial charge in [-0.25, -0.2) is 0 Å². The third-order valence-electron chi connectivity index (χ3n) is 0.762. The second-order valence-electron chi connectivity index (χ2n) is 1.43. The van der Waals surface area contributed by atoms with E-state index in [0.29, 0.717) is 9.52 Å². The summed E-state index contributed by atoms with van der Waals surface area (Å²) in [4.78, 5) is 0. The Morgan fingerprint density at radius 3 is 2.00 bits per heavy atom. The van der Waals surface area contributed by atoms with Crippen molar-refractivity contribution in [2.45, 2.75) is 19.0 Å². The van der Waals surface area contributed by atoms with Gasteiger partial charge in [0, 0.05) is 9.52 Å². The van der Waals surface area contributed by atoms with Crippen LogP contribution >= 0.6 is 0 Å². The van der Waals surface area contributed by atoms with Crippen molar-refractivity contribution in [1.82, 2.24) is 0 Å². The van der Waals surface area contributed by atoms with E-state index in [9.17, 15) is 0 Å². The Kier molecular flexibility index (Phi) is 56.7. The molecule has 0 aromatic rings. The van der Waals surface area contributed by atoms with Crippen molar-refractivity contribution < 1.29 is 51.0 Å². The van der Waals surface area contributed by atoms with Gasteiger partial charge < -0.3 is 24.8 Å². The number of rotatable bonds is 3. The predicted octanol–water partition coefficient (Wildman–Crippen LogP) is -4.80. The summed E-state index contributed by atoms with van der Waals surface area (Å²) in [7, 11) is 0.332. The quantitative estimate of drug-likeness (QED) is 0.272. The molecule has 0 amide bonds. The Morgan fingerprint density at radius 2 is 1.89 bits per heavy atom. The van der Waals surface area contributed by atoms with Gasteiger partial charge in [0.1, 0.15) is 0 Å². The van der Waals surface area contributed by atoms with Crippen LogP contribution in [0.1, 0.15) is 6.42 Å². The maximum Gasteiger partial charge on any atom is 2.00 e. The van der Waals surface area contributed by atoms with Crippen molar-refractivity contribution in [2.75, 3.05) is 0 Å². The fourth-order valence-corrected chi connectivity index (χ4v) is 1.05. The van der Waals surface area contributed by atoms with Crippen LogP contribution in [0.2, 0.25) is 12.6 Å². The second kappa shape index (κ2) is 22.7. The predicted molar refractivity (Wildman–Crippen MR) is 34.0 cm³/mol. The molecule has 0 heterocycles. The van der Waals surface area contributed by atoms with E-state index in [2.05, 4.69) is 13.1 Å². The number of hydrogen-bond acceptors (Lipinski definition) is 0. The Morgan fingerprint density at radius 1 is 1.44 bits per heavy atom. The standard InChI is InChI=1S/C5H12Si.2ClH.Zr/c1-3-4-5-6-2;;;/h3H,1,4-6H2,2H3;2*1H;/q;;;+2/p-2. The van der Waals surface area contributed by atoms with Gasteiger partial charge in [-0.15, -0.1) is 6.58 Å². The molecule has 0 aliphatic rings. The minimum Gasteiger partial charge on any atom is -1.00 e. The molecule has 0 aromatic heterocycles. The largest absolute Gasteiger partial charge is 2.00 e. The summed E-state index contributed by atoms with van der Waals surface area (Å²) in [5, 5.41) is 0. The van der Waals surface area contributed by atoms with E-state index in [1.165, 1.54) is 12.5 Å². The zero-order valence-electron chi connectivity index (χ0n) is 5.66. The van der Waals surface area contributed by atoms with Crippen LogP contribution in [0, 0.1) is 0 Å². The smallest absolute Gasteiger partial charge is 1.00 e. The molecule has 0 aromatic carbocycles. The number of halogens is 2. The van der Waals surface area contributed by atoms with Gasteiger partial charge in [-0.05, 0) is 6.42 Å². The van der Waals surface area contributed by atoms with Crippen LogP contribution in [0.15, 0.2) is 12.7 Å². The molecule has 0 fully saturated rings. The molecular formula is C5H12Cl2SiZr. The van der Waals surface area contributed by atoms with E-state index in [4.69, 9.17) is 0 Å². The zero-order chi connectivity index (χ0) is 4.83. The summed E-state index contributed by atoms with van der Waals surface area (Å²) >= 11 is 0. The van der Waals surface area contributed by atoms with E-state index < -0.39 is 0 Å². The molecule has 9 heavy (non-hydrogen) atoms. The van der Waals surface area contributed by atoms with Crippen LogP contribution in [0.4, 0.5) is 0 Å². The topological polar surface area (TPSA) is 0 Å². The minimum atomic E-state index is 0. The minimum absolute atomic E-state index is 0. The fourth-order valence-electron chi connectivity index (χ4n) is 0.348. The normalized spacial score (nSPS) is 6.78. The van der Waals surface area contributed by atoms with E-state index in [1.807, 2.05) is 6.08 Å². The molecule has 0 aliphatic heterocycles. The molecule has 0 unspecified atom stereocenters. The van der Waals surface area contributed by atoms with Gasteiger partial charge in [0.15, 0.2) is 0 Å². The summed E-state index contributed by atoms with van der Waals surface area (Å²) in [5.41, 5.74) is 0. The maximum atomic E-state index is 3.62. The van der Waals surface area contributed by atoms with Crippen molar-refractivity contribution in [3.8, 4) is 0 Å². The molecule has 4 heteroatoms. The molecular weight excluding hydrogens is 250 g/mol. The summed E-state index contributed by atoms with van der Waals surface area (Å²) in [6.45, 7) is 5.94. The Balaban J connectivity index is -0.0000000417. The number of allylic oxidation sites excluding steroid dienone is 1. The van der Waals surface area contributed by atoms with Crippen LogP contribution in [-0.2, 0) is 26.2 Å². The molecule has 0 saturated carbocycles. The van der Waals surface area contributed by atoms with Crippen LogP contribution in [0.3, 0.4) is 0 Å². The summed E-state index contributed by atoms with van der Waals surface area (Å²) in [6.07, 6.45) is 3.24. The SMILES string of the molecule is C=CCC[SiH2]C.[Cl-].[Cl-].[Zr+2].